The van der Waals surface area contributed by atoms with Crippen molar-refractivity contribution in [1.82, 2.24) is 4.98 Å². The first kappa shape index (κ1) is 11.5. The van der Waals surface area contributed by atoms with Gasteiger partial charge in [-0.2, -0.15) is 0 Å². The zero-order valence-corrected chi connectivity index (χ0v) is 9.22. The highest BCUT2D eigenvalue weighted by molar-refractivity contribution is 6.69. The summed E-state index contributed by atoms with van der Waals surface area (Å²) in [6, 6.07) is 3.30. The Balaban J connectivity index is 2.74. The summed E-state index contributed by atoms with van der Waals surface area (Å²) in [5.74, 6) is -0.246. The van der Waals surface area contributed by atoms with Gasteiger partial charge in [0.15, 0.2) is 5.78 Å². The molecule has 1 aromatic heterocycles. The van der Waals surface area contributed by atoms with Crippen molar-refractivity contribution in [2.24, 2.45) is 0 Å². The fraction of sp³-hybridized carbons (Fsp3) is 0.111. The molecule has 0 unspecified atom stereocenters. The maximum absolute atomic E-state index is 11.4. The quantitative estimate of drug-likeness (QED) is 0.458. The average molecular weight is 251 g/mol. The van der Waals surface area contributed by atoms with Crippen LogP contribution in [0, 0.1) is 0 Å². The molecule has 5 heteroatoms. The molecule has 0 aromatic carbocycles. The lowest BCUT2D eigenvalue weighted by Gasteiger charge is -2.01. The molecule has 0 aliphatic carbocycles. The smallest absolute Gasteiger partial charge is 0.209 e. The van der Waals surface area contributed by atoms with Crippen LogP contribution >= 0.6 is 34.8 Å². The number of aromatic nitrogens is 1. The molecular weight excluding hydrogens is 244 g/mol. The van der Waals surface area contributed by atoms with Crippen LogP contribution < -0.4 is 0 Å². The fourth-order valence-electron chi connectivity index (χ4n) is 0.775. The second-order valence-electron chi connectivity index (χ2n) is 2.48. The van der Waals surface area contributed by atoms with Crippen molar-refractivity contribution in [1.29, 1.82) is 0 Å². The first-order chi connectivity index (χ1) is 6.49. The molecule has 0 aliphatic rings. The molecule has 0 saturated heterocycles. The summed E-state index contributed by atoms with van der Waals surface area (Å²) >= 11 is 16.3. The van der Waals surface area contributed by atoms with Crippen molar-refractivity contribution in [2.75, 3.05) is 0 Å². The van der Waals surface area contributed by atoms with E-state index in [0.717, 1.165) is 0 Å². The van der Waals surface area contributed by atoms with Crippen molar-refractivity contribution >= 4 is 40.6 Å². The lowest BCUT2D eigenvalue weighted by molar-refractivity contribution is 0.104. The molecule has 2 nitrogen and oxygen atoms in total. The van der Waals surface area contributed by atoms with Crippen LogP contribution in [0.4, 0.5) is 0 Å². The van der Waals surface area contributed by atoms with Crippen LogP contribution in [0.5, 0.6) is 0 Å². The molecule has 1 aromatic rings. The van der Waals surface area contributed by atoms with Crippen molar-refractivity contribution < 1.29 is 4.79 Å². The van der Waals surface area contributed by atoms with Gasteiger partial charge in [0.1, 0.15) is 0 Å². The standard InChI is InChI=1S/C9H6Cl3NO/c10-9(11,12)4-3-8(14)7-2-1-5-13-6-7/h1-6H/b4-3+. The van der Waals surface area contributed by atoms with Crippen molar-refractivity contribution in [3.8, 4) is 0 Å². The molecule has 0 saturated carbocycles. The number of hydrogen-bond donors (Lipinski definition) is 0. The number of halogens is 3. The van der Waals surface area contributed by atoms with E-state index in [0.29, 0.717) is 5.56 Å². The van der Waals surface area contributed by atoms with Gasteiger partial charge in [0.25, 0.3) is 0 Å². The lowest BCUT2D eigenvalue weighted by Crippen LogP contribution is -1.99. The number of ketones is 1. The Bertz CT molecular complexity index is 343. The average Bonchev–Trinajstić information content (AvgIpc) is 2.14. The highest BCUT2D eigenvalue weighted by Gasteiger charge is 2.14. The largest absolute Gasteiger partial charge is 0.289 e. The monoisotopic (exact) mass is 249 g/mol. The lowest BCUT2D eigenvalue weighted by atomic mass is 10.2. The molecule has 0 fully saturated rings. The van der Waals surface area contributed by atoms with E-state index in [9.17, 15) is 4.79 Å². The first-order valence-corrected chi connectivity index (χ1v) is 4.83. The maximum atomic E-state index is 11.4. The van der Waals surface area contributed by atoms with Crippen LogP contribution in [-0.4, -0.2) is 14.6 Å². The third-order valence-electron chi connectivity index (χ3n) is 1.37. The normalized spacial score (nSPS) is 11.9. The summed E-state index contributed by atoms with van der Waals surface area (Å²) < 4.78 is -1.54. The SMILES string of the molecule is O=C(/C=C/C(Cl)(Cl)Cl)c1cccnc1. The van der Waals surface area contributed by atoms with Crippen LogP contribution in [0.2, 0.25) is 0 Å². The van der Waals surface area contributed by atoms with Crippen LogP contribution in [0.15, 0.2) is 36.7 Å². The van der Waals surface area contributed by atoms with Gasteiger partial charge in [0.05, 0.1) is 0 Å². The minimum Gasteiger partial charge on any atom is -0.289 e. The van der Waals surface area contributed by atoms with Gasteiger partial charge in [-0.1, -0.05) is 34.8 Å². The predicted molar refractivity (Wildman–Crippen MR) is 58.0 cm³/mol. The Hall–Kier alpha value is -0.570. The van der Waals surface area contributed by atoms with Gasteiger partial charge < -0.3 is 0 Å². The third kappa shape index (κ3) is 4.09. The van der Waals surface area contributed by atoms with E-state index in [4.69, 9.17) is 34.8 Å². The van der Waals surface area contributed by atoms with Crippen LogP contribution in [0.3, 0.4) is 0 Å². The van der Waals surface area contributed by atoms with E-state index >= 15 is 0 Å². The minimum absolute atomic E-state index is 0.246. The molecule has 0 atom stereocenters. The van der Waals surface area contributed by atoms with Crippen LogP contribution in [0.25, 0.3) is 0 Å². The van der Waals surface area contributed by atoms with E-state index in [-0.39, 0.29) is 5.78 Å². The Morgan fingerprint density at radius 3 is 2.64 bits per heavy atom. The highest BCUT2D eigenvalue weighted by atomic mass is 35.6. The predicted octanol–water partition coefficient (Wildman–Crippen LogP) is 3.19. The molecule has 1 rings (SSSR count). The number of carbonyl (C=O) groups excluding carboxylic acids is 1. The summed E-state index contributed by atoms with van der Waals surface area (Å²) in [5.41, 5.74) is 0.456. The summed E-state index contributed by atoms with van der Waals surface area (Å²) in [5, 5.41) is 0. The zero-order chi connectivity index (χ0) is 10.6. The number of hydrogen-bond acceptors (Lipinski definition) is 2. The highest BCUT2D eigenvalue weighted by Crippen LogP contribution is 2.27. The molecule has 0 N–H and O–H groups in total. The molecule has 0 spiro atoms. The number of nitrogens with zero attached hydrogens (tertiary/aromatic N) is 1. The van der Waals surface area contributed by atoms with Gasteiger partial charge in [0, 0.05) is 18.0 Å². The number of carbonyl (C=O) groups is 1. The van der Waals surface area contributed by atoms with E-state index < -0.39 is 3.79 Å². The third-order valence-corrected chi connectivity index (χ3v) is 1.75. The van der Waals surface area contributed by atoms with Gasteiger partial charge in [-0.05, 0) is 24.3 Å². The topological polar surface area (TPSA) is 30.0 Å². The first-order valence-electron chi connectivity index (χ1n) is 3.69. The summed E-state index contributed by atoms with van der Waals surface area (Å²) in [7, 11) is 0. The number of allylic oxidation sites excluding steroid dienone is 2. The van der Waals surface area contributed by atoms with E-state index in [1.807, 2.05) is 0 Å². The molecule has 74 valence electrons. The Kier molecular flexibility index (Phi) is 3.93. The summed E-state index contributed by atoms with van der Waals surface area (Å²) in [4.78, 5) is 15.2. The molecule has 0 radical (unpaired) electrons. The van der Waals surface area contributed by atoms with Gasteiger partial charge >= 0.3 is 0 Å². The van der Waals surface area contributed by atoms with E-state index in [1.54, 1.807) is 18.3 Å². The maximum Gasteiger partial charge on any atom is 0.209 e. The molecule has 0 aliphatic heterocycles. The molecule has 0 amide bonds. The van der Waals surface area contributed by atoms with Gasteiger partial charge in [-0.25, -0.2) is 0 Å². The number of alkyl halides is 3. The zero-order valence-electron chi connectivity index (χ0n) is 6.95. The Morgan fingerprint density at radius 2 is 2.14 bits per heavy atom. The second kappa shape index (κ2) is 4.78. The summed E-state index contributed by atoms with van der Waals surface area (Å²) in [6.45, 7) is 0. The Labute approximate surface area is 96.5 Å². The number of rotatable bonds is 2. The summed E-state index contributed by atoms with van der Waals surface area (Å²) in [6.07, 6.45) is 5.44. The van der Waals surface area contributed by atoms with Crippen LogP contribution in [-0.2, 0) is 0 Å². The fourth-order valence-corrected chi connectivity index (χ4v) is 0.964. The minimum atomic E-state index is -1.54. The van der Waals surface area contributed by atoms with Crippen molar-refractivity contribution in [2.45, 2.75) is 3.79 Å². The van der Waals surface area contributed by atoms with Crippen molar-refractivity contribution in [3.63, 3.8) is 0 Å². The van der Waals surface area contributed by atoms with Gasteiger partial charge in [-0.15, -0.1) is 0 Å². The van der Waals surface area contributed by atoms with Crippen LogP contribution in [0.1, 0.15) is 10.4 Å². The second-order valence-corrected chi connectivity index (χ2v) is 4.85. The molecular formula is C9H6Cl3NO. The molecule has 0 bridgehead atoms. The number of pyridine rings is 1. The van der Waals surface area contributed by atoms with Gasteiger partial charge in [0.2, 0.25) is 3.79 Å². The Morgan fingerprint density at radius 1 is 1.43 bits per heavy atom. The molecule has 14 heavy (non-hydrogen) atoms. The van der Waals surface area contributed by atoms with E-state index in [2.05, 4.69) is 4.98 Å². The molecule has 1 heterocycles. The van der Waals surface area contributed by atoms with Crippen molar-refractivity contribution in [3.05, 3.63) is 42.2 Å². The van der Waals surface area contributed by atoms with E-state index in [1.165, 1.54) is 18.3 Å². The van der Waals surface area contributed by atoms with Gasteiger partial charge in [-0.3, -0.25) is 9.78 Å².